The molecule has 6 nitrogen and oxygen atoms in total. The molecule has 0 aliphatic heterocycles. The lowest BCUT2D eigenvalue weighted by molar-refractivity contribution is 0.0984. The first-order valence-electron chi connectivity index (χ1n) is 10.4. The molecule has 0 bridgehead atoms. The highest BCUT2D eigenvalue weighted by atomic mass is 16.5. The van der Waals surface area contributed by atoms with Crippen LogP contribution in [-0.2, 0) is 0 Å². The summed E-state index contributed by atoms with van der Waals surface area (Å²) in [6.45, 7) is 4.58. The first kappa shape index (κ1) is 22.6. The Morgan fingerprint density at radius 2 is 1.72 bits per heavy atom. The third kappa shape index (κ3) is 5.52. The van der Waals surface area contributed by atoms with E-state index in [4.69, 9.17) is 10.00 Å². The number of nitrogens with one attached hydrogen (secondary N) is 1. The van der Waals surface area contributed by atoms with Crippen molar-refractivity contribution in [3.8, 4) is 11.8 Å². The summed E-state index contributed by atoms with van der Waals surface area (Å²) in [6.07, 6.45) is 0.197. The molecule has 0 atom stereocenters. The molecule has 0 saturated heterocycles. The Labute approximate surface area is 188 Å². The molecule has 3 aromatic carbocycles. The second-order valence-electron chi connectivity index (χ2n) is 7.14. The van der Waals surface area contributed by atoms with E-state index in [1.54, 1.807) is 71.6 Å². The number of carbonyl (C=O) groups excluding carboxylic acids is 2. The van der Waals surface area contributed by atoms with Crippen molar-refractivity contribution >= 4 is 23.2 Å². The topological polar surface area (TPSA) is 82.4 Å². The van der Waals surface area contributed by atoms with Gasteiger partial charge >= 0.3 is 0 Å². The van der Waals surface area contributed by atoms with Crippen molar-refractivity contribution in [1.82, 2.24) is 0 Å². The first-order chi connectivity index (χ1) is 15.5. The molecule has 0 unspecified atom stereocenters. The predicted octanol–water partition coefficient (Wildman–Crippen LogP) is 5.21. The Balaban J connectivity index is 1.86. The van der Waals surface area contributed by atoms with Gasteiger partial charge in [0, 0.05) is 29.0 Å². The zero-order chi connectivity index (χ0) is 22.9. The van der Waals surface area contributed by atoms with E-state index in [1.807, 2.05) is 19.9 Å². The molecular formula is C26H25N3O3. The number of rotatable bonds is 8. The van der Waals surface area contributed by atoms with Crippen LogP contribution in [0.15, 0.2) is 72.8 Å². The van der Waals surface area contributed by atoms with Crippen LogP contribution in [0.4, 0.5) is 11.4 Å². The number of anilines is 2. The van der Waals surface area contributed by atoms with Gasteiger partial charge in [-0.1, -0.05) is 24.3 Å². The molecule has 6 heteroatoms. The predicted molar refractivity (Wildman–Crippen MR) is 125 cm³/mol. The van der Waals surface area contributed by atoms with Gasteiger partial charge in [0.05, 0.1) is 19.1 Å². The number of hydrogen-bond donors (Lipinski definition) is 1. The van der Waals surface area contributed by atoms with Crippen molar-refractivity contribution < 1.29 is 14.3 Å². The highest BCUT2D eigenvalue weighted by Gasteiger charge is 2.19. The van der Waals surface area contributed by atoms with Gasteiger partial charge in [-0.25, -0.2) is 0 Å². The SMILES string of the molecule is CCOc1ccc(N(CCC#N)C(=O)c2ccc(C)c(NC(=O)c3ccccc3)c2)cc1. The maximum atomic E-state index is 13.4. The second-order valence-corrected chi connectivity index (χ2v) is 7.14. The Morgan fingerprint density at radius 3 is 2.38 bits per heavy atom. The molecule has 0 aromatic heterocycles. The highest BCUT2D eigenvalue weighted by Crippen LogP contribution is 2.24. The summed E-state index contributed by atoms with van der Waals surface area (Å²) in [4.78, 5) is 27.5. The summed E-state index contributed by atoms with van der Waals surface area (Å²) in [5.41, 5.74) is 3.04. The number of hydrogen-bond acceptors (Lipinski definition) is 4. The molecule has 162 valence electrons. The zero-order valence-electron chi connectivity index (χ0n) is 18.2. The average Bonchev–Trinajstić information content (AvgIpc) is 2.82. The molecule has 3 aromatic rings. The van der Waals surface area contributed by atoms with Crippen LogP contribution >= 0.6 is 0 Å². The van der Waals surface area contributed by atoms with Gasteiger partial charge < -0.3 is 15.0 Å². The Kier molecular flexibility index (Phi) is 7.60. The quantitative estimate of drug-likeness (QED) is 0.535. The van der Waals surface area contributed by atoms with E-state index in [2.05, 4.69) is 11.4 Å². The summed E-state index contributed by atoms with van der Waals surface area (Å²) >= 11 is 0. The highest BCUT2D eigenvalue weighted by molar-refractivity contribution is 6.08. The monoisotopic (exact) mass is 427 g/mol. The standard InChI is InChI=1S/C26H25N3O3/c1-3-32-23-14-12-22(13-15-23)29(17-7-16-27)26(31)21-11-10-19(2)24(18-21)28-25(30)20-8-5-4-6-9-20/h4-6,8-15,18H,3,7,17H2,1-2H3,(H,28,30). The Bertz CT molecular complexity index is 1120. The lowest BCUT2D eigenvalue weighted by atomic mass is 10.1. The van der Waals surface area contributed by atoms with E-state index >= 15 is 0 Å². The molecule has 1 N–H and O–H groups in total. The fraction of sp³-hybridized carbons (Fsp3) is 0.192. The minimum atomic E-state index is -0.250. The van der Waals surface area contributed by atoms with Gasteiger partial charge in [-0.15, -0.1) is 0 Å². The number of carbonyl (C=O) groups is 2. The van der Waals surface area contributed by atoms with Crippen LogP contribution < -0.4 is 15.0 Å². The largest absolute Gasteiger partial charge is 0.494 e. The average molecular weight is 428 g/mol. The second kappa shape index (κ2) is 10.8. The van der Waals surface area contributed by atoms with E-state index in [0.29, 0.717) is 34.9 Å². The number of aryl methyl sites for hydroxylation is 1. The molecule has 0 saturated carbocycles. The lowest BCUT2D eigenvalue weighted by Gasteiger charge is -2.23. The summed E-state index contributed by atoms with van der Waals surface area (Å²) in [5, 5.41) is 11.9. The fourth-order valence-corrected chi connectivity index (χ4v) is 3.23. The summed E-state index contributed by atoms with van der Waals surface area (Å²) in [6, 6.07) is 23.4. The number of nitriles is 1. The molecule has 0 radical (unpaired) electrons. The van der Waals surface area contributed by atoms with E-state index in [0.717, 1.165) is 5.56 Å². The van der Waals surface area contributed by atoms with Crippen LogP contribution in [0.1, 0.15) is 39.6 Å². The lowest BCUT2D eigenvalue weighted by Crippen LogP contribution is -2.32. The van der Waals surface area contributed by atoms with Crippen molar-refractivity contribution in [1.29, 1.82) is 5.26 Å². The first-order valence-corrected chi connectivity index (χ1v) is 10.4. The minimum Gasteiger partial charge on any atom is -0.494 e. The van der Waals surface area contributed by atoms with Gasteiger partial charge in [-0.3, -0.25) is 9.59 Å². The molecule has 3 rings (SSSR count). The minimum absolute atomic E-state index is 0.197. The van der Waals surface area contributed by atoms with Crippen molar-refractivity contribution in [2.75, 3.05) is 23.4 Å². The molecule has 32 heavy (non-hydrogen) atoms. The molecule has 0 aliphatic carbocycles. The maximum absolute atomic E-state index is 13.4. The molecule has 0 fully saturated rings. The van der Waals surface area contributed by atoms with E-state index in [-0.39, 0.29) is 24.8 Å². The smallest absolute Gasteiger partial charge is 0.258 e. The summed E-state index contributed by atoms with van der Waals surface area (Å²) in [5.74, 6) is 0.218. The van der Waals surface area contributed by atoms with Crippen molar-refractivity contribution in [3.05, 3.63) is 89.5 Å². The molecule has 0 heterocycles. The number of nitrogens with zero attached hydrogens (tertiary/aromatic N) is 2. The van der Waals surface area contributed by atoms with Crippen molar-refractivity contribution in [2.24, 2.45) is 0 Å². The zero-order valence-corrected chi connectivity index (χ0v) is 18.2. The van der Waals surface area contributed by atoms with Crippen LogP contribution in [0.5, 0.6) is 5.75 Å². The van der Waals surface area contributed by atoms with Crippen LogP contribution in [0.25, 0.3) is 0 Å². The maximum Gasteiger partial charge on any atom is 0.258 e. The van der Waals surface area contributed by atoms with Crippen LogP contribution in [0, 0.1) is 18.3 Å². The summed E-state index contributed by atoms with van der Waals surface area (Å²) in [7, 11) is 0. The molecule has 2 amide bonds. The molecular weight excluding hydrogens is 402 g/mol. The third-order valence-electron chi connectivity index (χ3n) is 4.92. The van der Waals surface area contributed by atoms with Gasteiger partial charge in [0.25, 0.3) is 11.8 Å². The van der Waals surface area contributed by atoms with Gasteiger partial charge in [0.2, 0.25) is 0 Å². The number of benzene rings is 3. The summed E-state index contributed by atoms with van der Waals surface area (Å²) < 4.78 is 5.47. The van der Waals surface area contributed by atoms with Gasteiger partial charge in [0.15, 0.2) is 0 Å². The Hall–Kier alpha value is -4.11. The van der Waals surface area contributed by atoms with E-state index < -0.39 is 0 Å². The van der Waals surface area contributed by atoms with Gasteiger partial charge in [0.1, 0.15) is 5.75 Å². The van der Waals surface area contributed by atoms with Gasteiger partial charge in [-0.05, 0) is 67.9 Å². The van der Waals surface area contributed by atoms with Crippen LogP contribution in [-0.4, -0.2) is 25.0 Å². The normalized spacial score (nSPS) is 10.2. The molecule has 0 spiro atoms. The van der Waals surface area contributed by atoms with Crippen molar-refractivity contribution in [2.45, 2.75) is 20.3 Å². The third-order valence-corrected chi connectivity index (χ3v) is 4.92. The van der Waals surface area contributed by atoms with Crippen molar-refractivity contribution in [3.63, 3.8) is 0 Å². The van der Waals surface area contributed by atoms with Crippen LogP contribution in [0.3, 0.4) is 0 Å². The number of ether oxygens (including phenoxy) is 1. The number of amides is 2. The fourth-order valence-electron chi connectivity index (χ4n) is 3.23. The van der Waals surface area contributed by atoms with Crippen LogP contribution in [0.2, 0.25) is 0 Å². The van der Waals surface area contributed by atoms with E-state index in [1.165, 1.54) is 0 Å². The van der Waals surface area contributed by atoms with E-state index in [9.17, 15) is 9.59 Å². The molecule has 0 aliphatic rings. The van der Waals surface area contributed by atoms with Gasteiger partial charge in [-0.2, -0.15) is 5.26 Å². The Morgan fingerprint density at radius 1 is 1.00 bits per heavy atom.